The molecule has 1 aliphatic heterocycles. The van der Waals surface area contributed by atoms with Gasteiger partial charge in [0.2, 0.25) is 5.91 Å². The first-order valence-electron chi connectivity index (χ1n) is 8.71. The third kappa shape index (κ3) is 5.54. The van der Waals surface area contributed by atoms with E-state index in [2.05, 4.69) is 35.8 Å². The van der Waals surface area contributed by atoms with E-state index in [0.29, 0.717) is 24.8 Å². The minimum atomic E-state index is 0.169. The van der Waals surface area contributed by atoms with Gasteiger partial charge in [0.25, 0.3) is 0 Å². The van der Waals surface area contributed by atoms with Gasteiger partial charge < -0.3 is 15.4 Å². The number of rotatable bonds is 7. The lowest BCUT2D eigenvalue weighted by atomic mass is 9.85. The van der Waals surface area contributed by atoms with Gasteiger partial charge in [0, 0.05) is 13.0 Å². The van der Waals surface area contributed by atoms with Crippen molar-refractivity contribution < 1.29 is 9.53 Å². The third-order valence-corrected chi connectivity index (χ3v) is 4.86. The molecule has 2 atom stereocenters. The number of piperidine rings is 1. The highest BCUT2D eigenvalue weighted by Gasteiger charge is 2.21. The fourth-order valence-corrected chi connectivity index (χ4v) is 3.26. The van der Waals surface area contributed by atoms with Crippen molar-refractivity contribution in [2.45, 2.75) is 39.5 Å². The molecule has 4 nitrogen and oxygen atoms in total. The van der Waals surface area contributed by atoms with Crippen LogP contribution in [-0.4, -0.2) is 32.7 Å². The Hall–Kier alpha value is -1.55. The minimum absolute atomic E-state index is 0.169. The summed E-state index contributed by atoms with van der Waals surface area (Å²) in [6, 6.07) is 6.21. The molecular weight excluding hydrogens is 288 g/mol. The van der Waals surface area contributed by atoms with E-state index >= 15 is 0 Å². The average Bonchev–Trinajstić information content (AvgIpc) is 2.57. The Morgan fingerprint density at radius 2 is 2.30 bits per heavy atom. The SMILES string of the molecule is COc1cc(CCNC(=O)CC(C)C2CCCNC2)ccc1C. The van der Waals surface area contributed by atoms with Crippen LogP contribution in [0.2, 0.25) is 0 Å². The number of hydrogen-bond donors (Lipinski definition) is 2. The van der Waals surface area contributed by atoms with Crippen LogP contribution in [0.5, 0.6) is 5.75 Å². The molecule has 0 saturated carbocycles. The van der Waals surface area contributed by atoms with Gasteiger partial charge in [-0.25, -0.2) is 0 Å². The molecule has 1 aliphatic rings. The van der Waals surface area contributed by atoms with Gasteiger partial charge in [-0.3, -0.25) is 4.79 Å². The Balaban J connectivity index is 1.72. The zero-order valence-corrected chi connectivity index (χ0v) is 14.7. The van der Waals surface area contributed by atoms with Gasteiger partial charge in [0.15, 0.2) is 0 Å². The predicted octanol–water partition coefficient (Wildman–Crippen LogP) is 2.69. The van der Waals surface area contributed by atoms with Gasteiger partial charge in [-0.2, -0.15) is 0 Å². The Bertz CT molecular complexity index is 510. The van der Waals surface area contributed by atoms with Gasteiger partial charge >= 0.3 is 0 Å². The largest absolute Gasteiger partial charge is 0.496 e. The lowest BCUT2D eigenvalue weighted by Crippen LogP contribution is -2.36. The van der Waals surface area contributed by atoms with Crippen molar-refractivity contribution in [1.82, 2.24) is 10.6 Å². The summed E-state index contributed by atoms with van der Waals surface area (Å²) in [4.78, 5) is 12.1. The van der Waals surface area contributed by atoms with Crippen LogP contribution in [0, 0.1) is 18.8 Å². The molecule has 0 aliphatic carbocycles. The minimum Gasteiger partial charge on any atom is -0.496 e. The number of carbonyl (C=O) groups is 1. The van der Waals surface area contributed by atoms with Crippen LogP contribution < -0.4 is 15.4 Å². The molecule has 2 unspecified atom stereocenters. The van der Waals surface area contributed by atoms with Crippen molar-refractivity contribution in [3.05, 3.63) is 29.3 Å². The van der Waals surface area contributed by atoms with Crippen molar-refractivity contribution in [2.24, 2.45) is 11.8 Å². The smallest absolute Gasteiger partial charge is 0.220 e. The quantitative estimate of drug-likeness (QED) is 0.813. The molecule has 1 amide bonds. The summed E-state index contributed by atoms with van der Waals surface area (Å²) in [5.74, 6) is 2.16. The van der Waals surface area contributed by atoms with Crippen LogP contribution in [-0.2, 0) is 11.2 Å². The summed E-state index contributed by atoms with van der Waals surface area (Å²) in [6.45, 7) is 7.09. The normalized spacial score (nSPS) is 19.2. The number of amides is 1. The average molecular weight is 318 g/mol. The number of nitrogens with one attached hydrogen (secondary N) is 2. The van der Waals surface area contributed by atoms with Gasteiger partial charge in [-0.05, 0) is 68.3 Å². The molecule has 23 heavy (non-hydrogen) atoms. The predicted molar refractivity (Wildman–Crippen MR) is 93.8 cm³/mol. The molecule has 0 bridgehead atoms. The summed E-state index contributed by atoms with van der Waals surface area (Å²) in [6.07, 6.45) is 3.93. The molecule has 1 fully saturated rings. The first-order chi connectivity index (χ1) is 11.1. The Morgan fingerprint density at radius 3 is 3.00 bits per heavy atom. The van der Waals surface area contributed by atoms with Gasteiger partial charge in [0.1, 0.15) is 5.75 Å². The zero-order valence-electron chi connectivity index (χ0n) is 14.7. The highest BCUT2D eigenvalue weighted by molar-refractivity contribution is 5.76. The number of benzene rings is 1. The molecule has 2 N–H and O–H groups in total. The fourth-order valence-electron chi connectivity index (χ4n) is 3.26. The fraction of sp³-hybridized carbons (Fsp3) is 0.632. The monoisotopic (exact) mass is 318 g/mol. The molecule has 0 spiro atoms. The van der Waals surface area contributed by atoms with Crippen molar-refractivity contribution in [1.29, 1.82) is 0 Å². The highest BCUT2D eigenvalue weighted by atomic mass is 16.5. The van der Waals surface area contributed by atoms with Gasteiger partial charge in [0.05, 0.1) is 7.11 Å². The van der Waals surface area contributed by atoms with Crippen molar-refractivity contribution in [2.75, 3.05) is 26.7 Å². The molecule has 1 aromatic carbocycles. The van der Waals surface area contributed by atoms with Crippen molar-refractivity contribution in [3.63, 3.8) is 0 Å². The van der Waals surface area contributed by atoms with E-state index < -0.39 is 0 Å². The Morgan fingerprint density at radius 1 is 1.48 bits per heavy atom. The van der Waals surface area contributed by atoms with Crippen LogP contribution in [0.15, 0.2) is 18.2 Å². The summed E-state index contributed by atoms with van der Waals surface area (Å²) in [5, 5.41) is 6.48. The first kappa shape index (κ1) is 17.8. The number of hydrogen-bond acceptors (Lipinski definition) is 3. The lowest BCUT2D eigenvalue weighted by Gasteiger charge is -2.28. The molecule has 0 radical (unpaired) electrons. The standard InChI is InChI=1S/C19H30N2O2/c1-14-6-7-16(12-18(14)23-3)8-10-21-19(22)11-15(2)17-5-4-9-20-13-17/h6-7,12,15,17,20H,4-5,8-11,13H2,1-3H3,(H,21,22). The van der Waals surface area contributed by atoms with Crippen LogP contribution in [0.3, 0.4) is 0 Å². The second kappa shape index (κ2) is 8.92. The molecule has 1 saturated heterocycles. The van der Waals surface area contributed by atoms with Crippen molar-refractivity contribution in [3.8, 4) is 5.75 Å². The van der Waals surface area contributed by atoms with E-state index in [4.69, 9.17) is 4.74 Å². The van der Waals surface area contributed by atoms with Crippen LogP contribution in [0.1, 0.15) is 37.3 Å². The van der Waals surface area contributed by atoms with E-state index in [9.17, 15) is 4.79 Å². The lowest BCUT2D eigenvalue weighted by molar-refractivity contribution is -0.122. The van der Waals surface area contributed by atoms with E-state index in [-0.39, 0.29) is 5.91 Å². The second-order valence-corrected chi connectivity index (χ2v) is 6.69. The molecule has 4 heteroatoms. The van der Waals surface area contributed by atoms with Crippen LogP contribution in [0.25, 0.3) is 0 Å². The van der Waals surface area contributed by atoms with E-state index in [1.165, 1.54) is 18.4 Å². The van der Waals surface area contributed by atoms with Crippen LogP contribution >= 0.6 is 0 Å². The maximum absolute atomic E-state index is 12.1. The van der Waals surface area contributed by atoms with Gasteiger partial charge in [-0.15, -0.1) is 0 Å². The maximum atomic E-state index is 12.1. The van der Waals surface area contributed by atoms with E-state index in [0.717, 1.165) is 30.8 Å². The van der Waals surface area contributed by atoms with Crippen LogP contribution in [0.4, 0.5) is 0 Å². The molecule has 128 valence electrons. The number of methoxy groups -OCH3 is 1. The summed E-state index contributed by atoms with van der Waals surface area (Å²) in [5.41, 5.74) is 2.33. The Labute approximate surface area is 140 Å². The highest BCUT2D eigenvalue weighted by Crippen LogP contribution is 2.22. The summed E-state index contributed by atoms with van der Waals surface area (Å²) >= 11 is 0. The molecule has 0 aromatic heterocycles. The Kier molecular flexibility index (Phi) is 6.90. The second-order valence-electron chi connectivity index (χ2n) is 6.69. The van der Waals surface area contributed by atoms with Gasteiger partial charge in [-0.1, -0.05) is 19.1 Å². The number of aryl methyl sites for hydroxylation is 1. The summed E-state index contributed by atoms with van der Waals surface area (Å²) in [7, 11) is 1.69. The molecule has 1 heterocycles. The van der Waals surface area contributed by atoms with E-state index in [1.807, 2.05) is 6.92 Å². The first-order valence-corrected chi connectivity index (χ1v) is 8.71. The maximum Gasteiger partial charge on any atom is 0.220 e. The van der Waals surface area contributed by atoms with Crippen molar-refractivity contribution >= 4 is 5.91 Å². The number of carbonyl (C=O) groups excluding carboxylic acids is 1. The molecule has 2 rings (SSSR count). The molecule has 1 aromatic rings. The molecular formula is C19H30N2O2. The van der Waals surface area contributed by atoms with E-state index in [1.54, 1.807) is 7.11 Å². The number of ether oxygens (including phenoxy) is 1. The topological polar surface area (TPSA) is 50.4 Å². The summed E-state index contributed by atoms with van der Waals surface area (Å²) < 4.78 is 5.34. The third-order valence-electron chi connectivity index (χ3n) is 4.86. The zero-order chi connectivity index (χ0) is 16.7.